The Labute approximate surface area is 115 Å². The Morgan fingerprint density at radius 3 is 2.61 bits per heavy atom. The first-order chi connectivity index (χ1) is 8.45. The van der Waals surface area contributed by atoms with Crippen molar-refractivity contribution in [3.63, 3.8) is 0 Å². The smallest absolute Gasteiger partial charge is 0.0727 e. The van der Waals surface area contributed by atoms with E-state index in [0.29, 0.717) is 6.54 Å². The summed E-state index contributed by atoms with van der Waals surface area (Å²) in [6.45, 7) is 5.48. The maximum absolute atomic E-state index is 9.92. The molecule has 0 aliphatic rings. The molecule has 0 heterocycles. The van der Waals surface area contributed by atoms with Crippen LogP contribution < -0.4 is 10.2 Å². The van der Waals surface area contributed by atoms with Gasteiger partial charge in [-0.25, -0.2) is 0 Å². The first-order valence-electron chi connectivity index (χ1n) is 6.26. The monoisotopic (exact) mass is 270 g/mol. The van der Waals surface area contributed by atoms with Crippen LogP contribution in [-0.4, -0.2) is 38.4 Å². The second-order valence-electron chi connectivity index (χ2n) is 4.84. The molecule has 0 saturated carbocycles. The topological polar surface area (TPSA) is 35.5 Å². The third-order valence-corrected chi connectivity index (χ3v) is 3.28. The number of aliphatic hydroxyl groups is 1. The fraction of sp³-hybridized carbons (Fsp3) is 0.571. The zero-order valence-corrected chi connectivity index (χ0v) is 12.4. The zero-order chi connectivity index (χ0) is 13.7. The molecule has 2 N–H and O–H groups in total. The van der Waals surface area contributed by atoms with Crippen LogP contribution in [0.4, 0.5) is 5.69 Å². The molecule has 0 saturated heterocycles. The van der Waals surface area contributed by atoms with E-state index in [1.54, 1.807) is 0 Å². The van der Waals surface area contributed by atoms with Gasteiger partial charge in [0.2, 0.25) is 0 Å². The van der Waals surface area contributed by atoms with Crippen LogP contribution in [0.3, 0.4) is 0 Å². The molecule has 4 heteroatoms. The van der Waals surface area contributed by atoms with Crippen molar-refractivity contribution in [2.45, 2.75) is 26.4 Å². The number of hydrogen-bond donors (Lipinski definition) is 2. The van der Waals surface area contributed by atoms with Gasteiger partial charge in [0.15, 0.2) is 0 Å². The summed E-state index contributed by atoms with van der Waals surface area (Å²) in [5.41, 5.74) is 3.31. The van der Waals surface area contributed by atoms with Gasteiger partial charge >= 0.3 is 0 Å². The van der Waals surface area contributed by atoms with Crippen molar-refractivity contribution in [3.05, 3.63) is 28.3 Å². The number of nitrogens with one attached hydrogen (secondary N) is 1. The first kappa shape index (κ1) is 15.3. The van der Waals surface area contributed by atoms with E-state index in [2.05, 4.69) is 11.4 Å². The molecule has 0 fully saturated rings. The number of rotatable bonds is 6. The maximum atomic E-state index is 9.92. The molecule has 0 aliphatic heterocycles. The van der Waals surface area contributed by atoms with E-state index >= 15 is 0 Å². The predicted octanol–water partition coefficient (Wildman–Crippen LogP) is 2.36. The van der Waals surface area contributed by atoms with Gasteiger partial charge in [-0.3, -0.25) is 0 Å². The van der Waals surface area contributed by atoms with Crippen LogP contribution in [0.1, 0.15) is 17.5 Å². The van der Waals surface area contributed by atoms with E-state index in [1.165, 1.54) is 0 Å². The summed E-state index contributed by atoms with van der Waals surface area (Å²) in [6.07, 6.45) is 0.392. The van der Waals surface area contributed by atoms with Gasteiger partial charge in [-0.05, 0) is 51.1 Å². The van der Waals surface area contributed by atoms with E-state index in [0.717, 1.165) is 34.8 Å². The molecule has 1 unspecified atom stereocenters. The van der Waals surface area contributed by atoms with Gasteiger partial charge in [0.25, 0.3) is 0 Å². The van der Waals surface area contributed by atoms with Crippen LogP contribution in [0, 0.1) is 13.8 Å². The number of likely N-dealkylation sites (N-methyl/N-ethyl adjacent to an activating group) is 1. The SMILES string of the molecule is CNCCC(O)CN(C)c1c(C)cc(C)cc1Cl. The molecule has 0 amide bonds. The number of benzene rings is 1. The lowest BCUT2D eigenvalue weighted by Crippen LogP contribution is -2.31. The molecular formula is C14H23ClN2O. The second kappa shape index (κ2) is 6.98. The highest BCUT2D eigenvalue weighted by Gasteiger charge is 2.13. The standard InChI is InChI=1S/C14H23ClN2O/c1-10-7-11(2)14(13(15)8-10)17(4)9-12(18)5-6-16-3/h7-8,12,16,18H,5-6,9H2,1-4H3. The molecule has 0 bridgehead atoms. The van der Waals surface area contributed by atoms with Crippen LogP contribution in [0.5, 0.6) is 0 Å². The molecule has 0 radical (unpaired) electrons. The molecule has 1 rings (SSSR count). The van der Waals surface area contributed by atoms with Crippen molar-refractivity contribution in [3.8, 4) is 0 Å². The van der Waals surface area contributed by atoms with Crippen LogP contribution in [0.15, 0.2) is 12.1 Å². The second-order valence-corrected chi connectivity index (χ2v) is 5.25. The number of aryl methyl sites for hydroxylation is 2. The Hall–Kier alpha value is -0.770. The summed E-state index contributed by atoms with van der Waals surface area (Å²) in [4.78, 5) is 2.03. The van der Waals surface area contributed by atoms with Crippen LogP contribution in [0.2, 0.25) is 5.02 Å². The van der Waals surface area contributed by atoms with Gasteiger partial charge < -0.3 is 15.3 Å². The van der Waals surface area contributed by atoms with Crippen molar-refractivity contribution in [1.82, 2.24) is 5.32 Å². The number of anilines is 1. The van der Waals surface area contributed by atoms with Gasteiger partial charge in [0, 0.05) is 13.6 Å². The molecule has 0 spiro atoms. The van der Waals surface area contributed by atoms with Crippen molar-refractivity contribution in [1.29, 1.82) is 0 Å². The van der Waals surface area contributed by atoms with E-state index in [9.17, 15) is 5.11 Å². The molecule has 18 heavy (non-hydrogen) atoms. The third-order valence-electron chi connectivity index (χ3n) is 2.99. The minimum Gasteiger partial charge on any atom is -0.391 e. The van der Waals surface area contributed by atoms with Gasteiger partial charge in [-0.2, -0.15) is 0 Å². The quantitative estimate of drug-likeness (QED) is 0.833. The fourth-order valence-electron chi connectivity index (χ4n) is 2.20. The molecule has 3 nitrogen and oxygen atoms in total. The van der Waals surface area contributed by atoms with E-state index < -0.39 is 0 Å². The highest BCUT2D eigenvalue weighted by atomic mass is 35.5. The highest BCUT2D eigenvalue weighted by Crippen LogP contribution is 2.30. The molecular weight excluding hydrogens is 248 g/mol. The lowest BCUT2D eigenvalue weighted by Gasteiger charge is -2.25. The van der Waals surface area contributed by atoms with E-state index in [4.69, 9.17) is 11.6 Å². The summed E-state index contributed by atoms with van der Waals surface area (Å²) in [7, 11) is 3.85. The Kier molecular flexibility index (Phi) is 5.93. The van der Waals surface area contributed by atoms with Gasteiger partial charge in [-0.15, -0.1) is 0 Å². The van der Waals surface area contributed by atoms with Gasteiger partial charge in [0.1, 0.15) is 0 Å². The van der Waals surface area contributed by atoms with Crippen molar-refractivity contribution in [2.75, 3.05) is 32.1 Å². The van der Waals surface area contributed by atoms with Crippen LogP contribution in [-0.2, 0) is 0 Å². The normalized spacial score (nSPS) is 12.6. The summed E-state index contributed by atoms with van der Waals surface area (Å²) in [5, 5.41) is 13.7. The summed E-state index contributed by atoms with van der Waals surface area (Å²) >= 11 is 6.28. The fourth-order valence-corrected chi connectivity index (χ4v) is 2.67. The predicted molar refractivity (Wildman–Crippen MR) is 78.7 cm³/mol. The van der Waals surface area contributed by atoms with Crippen LogP contribution in [0.25, 0.3) is 0 Å². The first-order valence-corrected chi connectivity index (χ1v) is 6.64. The lowest BCUT2D eigenvalue weighted by molar-refractivity contribution is 0.171. The van der Waals surface area contributed by atoms with E-state index in [1.807, 2.05) is 38.9 Å². The Morgan fingerprint density at radius 1 is 1.39 bits per heavy atom. The number of hydrogen-bond acceptors (Lipinski definition) is 3. The highest BCUT2D eigenvalue weighted by molar-refractivity contribution is 6.33. The molecule has 1 aromatic rings. The molecule has 1 aromatic carbocycles. The maximum Gasteiger partial charge on any atom is 0.0727 e. The Morgan fingerprint density at radius 2 is 2.06 bits per heavy atom. The summed E-state index contributed by atoms with van der Waals surface area (Å²) in [5.74, 6) is 0. The van der Waals surface area contributed by atoms with Crippen molar-refractivity contribution >= 4 is 17.3 Å². The Bertz CT molecular complexity index is 372. The third kappa shape index (κ3) is 4.16. The Balaban J connectivity index is 2.75. The number of nitrogens with zero attached hydrogens (tertiary/aromatic N) is 1. The number of halogens is 1. The van der Waals surface area contributed by atoms with Crippen molar-refractivity contribution in [2.24, 2.45) is 0 Å². The summed E-state index contributed by atoms with van der Waals surface area (Å²) < 4.78 is 0. The lowest BCUT2D eigenvalue weighted by atomic mass is 10.1. The van der Waals surface area contributed by atoms with Gasteiger partial charge in [0.05, 0.1) is 16.8 Å². The van der Waals surface area contributed by atoms with E-state index in [-0.39, 0.29) is 6.10 Å². The molecule has 102 valence electrons. The summed E-state index contributed by atoms with van der Waals surface area (Å²) in [6, 6.07) is 4.07. The van der Waals surface area contributed by atoms with Crippen molar-refractivity contribution < 1.29 is 5.11 Å². The minimum absolute atomic E-state index is 0.348. The average molecular weight is 271 g/mol. The molecule has 1 atom stereocenters. The molecule has 0 aromatic heterocycles. The average Bonchev–Trinajstić information content (AvgIpc) is 2.24. The van der Waals surface area contributed by atoms with Gasteiger partial charge in [-0.1, -0.05) is 17.7 Å². The minimum atomic E-state index is -0.348. The largest absolute Gasteiger partial charge is 0.391 e. The van der Waals surface area contributed by atoms with Crippen LogP contribution >= 0.6 is 11.6 Å². The zero-order valence-electron chi connectivity index (χ0n) is 11.6. The molecule has 0 aliphatic carbocycles. The number of aliphatic hydroxyl groups excluding tert-OH is 1.